The molecule has 0 amide bonds. The molecule has 102 valence electrons. The van der Waals surface area contributed by atoms with Crippen molar-refractivity contribution in [3.8, 4) is 0 Å². The van der Waals surface area contributed by atoms with Crippen molar-refractivity contribution < 1.29 is 23.8 Å². The van der Waals surface area contributed by atoms with Crippen LogP contribution in [0.15, 0.2) is 0 Å². The Morgan fingerprint density at radius 1 is 1.17 bits per heavy atom. The molecule has 2 rings (SSSR count). The van der Waals surface area contributed by atoms with Crippen molar-refractivity contribution >= 4 is 11.9 Å². The van der Waals surface area contributed by atoms with E-state index < -0.39 is 0 Å². The van der Waals surface area contributed by atoms with Crippen LogP contribution in [0.25, 0.3) is 0 Å². The maximum absolute atomic E-state index is 11.8. The van der Waals surface area contributed by atoms with Gasteiger partial charge in [-0.1, -0.05) is 6.92 Å². The van der Waals surface area contributed by atoms with Crippen LogP contribution < -0.4 is 0 Å². The molecule has 18 heavy (non-hydrogen) atoms. The summed E-state index contributed by atoms with van der Waals surface area (Å²) in [6, 6.07) is 0. The summed E-state index contributed by atoms with van der Waals surface area (Å²) in [7, 11) is 1.49. The van der Waals surface area contributed by atoms with Crippen molar-refractivity contribution in [2.45, 2.75) is 38.7 Å². The monoisotopic (exact) mass is 256 g/mol. The zero-order valence-corrected chi connectivity index (χ0v) is 10.9. The fraction of sp³-hybridized carbons (Fsp3) is 0.846. The molecular weight excluding hydrogens is 236 g/mol. The number of hydrogen-bond donors (Lipinski definition) is 0. The second kappa shape index (κ2) is 5.69. The zero-order valence-electron chi connectivity index (χ0n) is 10.9. The molecule has 0 saturated heterocycles. The van der Waals surface area contributed by atoms with Crippen molar-refractivity contribution in [3.63, 3.8) is 0 Å². The fourth-order valence-electron chi connectivity index (χ4n) is 3.13. The SMILES string of the molecule is CCC(=O)OC1C[C@H]2CC1CC2C(=O)OCOC. The van der Waals surface area contributed by atoms with Crippen LogP contribution in [-0.2, 0) is 23.8 Å². The van der Waals surface area contributed by atoms with E-state index in [0.29, 0.717) is 18.3 Å². The average Bonchev–Trinajstić information content (AvgIpc) is 2.95. The van der Waals surface area contributed by atoms with Crippen LogP contribution >= 0.6 is 0 Å². The molecule has 0 heterocycles. The van der Waals surface area contributed by atoms with Crippen molar-refractivity contribution in [2.24, 2.45) is 17.8 Å². The highest BCUT2D eigenvalue weighted by molar-refractivity contribution is 5.73. The Bertz CT molecular complexity index is 327. The molecule has 2 saturated carbocycles. The first-order valence-corrected chi connectivity index (χ1v) is 6.50. The van der Waals surface area contributed by atoms with Gasteiger partial charge in [0.25, 0.3) is 0 Å². The second-order valence-corrected chi connectivity index (χ2v) is 5.09. The summed E-state index contributed by atoms with van der Waals surface area (Å²) in [5, 5.41) is 0. The number of hydrogen-bond acceptors (Lipinski definition) is 5. The smallest absolute Gasteiger partial charge is 0.311 e. The summed E-state index contributed by atoms with van der Waals surface area (Å²) >= 11 is 0. The van der Waals surface area contributed by atoms with Crippen LogP contribution in [-0.4, -0.2) is 31.9 Å². The third kappa shape index (κ3) is 2.66. The summed E-state index contributed by atoms with van der Waals surface area (Å²) in [5.74, 6) is 0.261. The minimum absolute atomic E-state index is 0.00826. The zero-order chi connectivity index (χ0) is 13.1. The first-order valence-electron chi connectivity index (χ1n) is 6.50. The van der Waals surface area contributed by atoms with Gasteiger partial charge in [-0.15, -0.1) is 0 Å². The lowest BCUT2D eigenvalue weighted by molar-refractivity contribution is -0.162. The van der Waals surface area contributed by atoms with Crippen LogP contribution in [0.3, 0.4) is 0 Å². The Hall–Kier alpha value is -1.10. The van der Waals surface area contributed by atoms with Crippen molar-refractivity contribution in [1.29, 1.82) is 0 Å². The number of fused-ring (bicyclic) bond motifs is 2. The van der Waals surface area contributed by atoms with E-state index in [0.717, 1.165) is 19.3 Å². The minimum Gasteiger partial charge on any atom is -0.462 e. The number of carbonyl (C=O) groups excluding carboxylic acids is 2. The van der Waals surface area contributed by atoms with E-state index in [1.54, 1.807) is 6.92 Å². The molecule has 2 aliphatic rings. The molecular formula is C13H20O5. The van der Waals surface area contributed by atoms with Gasteiger partial charge in [-0.25, -0.2) is 0 Å². The van der Waals surface area contributed by atoms with Gasteiger partial charge in [0.1, 0.15) is 6.10 Å². The first kappa shape index (κ1) is 13.3. The van der Waals surface area contributed by atoms with Crippen LogP contribution in [0.5, 0.6) is 0 Å². The van der Waals surface area contributed by atoms with Gasteiger partial charge in [0, 0.05) is 13.5 Å². The lowest BCUT2D eigenvalue weighted by Gasteiger charge is -2.26. The lowest BCUT2D eigenvalue weighted by atomic mass is 9.87. The fourth-order valence-corrected chi connectivity index (χ4v) is 3.13. The Morgan fingerprint density at radius 3 is 2.50 bits per heavy atom. The summed E-state index contributed by atoms with van der Waals surface area (Å²) < 4.78 is 15.1. The number of methoxy groups -OCH3 is 1. The van der Waals surface area contributed by atoms with Gasteiger partial charge >= 0.3 is 11.9 Å². The molecule has 0 radical (unpaired) electrons. The molecule has 0 aliphatic heterocycles. The van der Waals surface area contributed by atoms with Crippen LogP contribution in [0.1, 0.15) is 32.6 Å². The molecule has 0 aromatic heterocycles. The standard InChI is InChI=1S/C13H20O5/c1-3-12(14)18-11-6-8-4-9(11)5-10(8)13(15)17-7-16-2/h8-11H,3-7H2,1-2H3/t8-,9?,10?,11?/m1/s1. The van der Waals surface area contributed by atoms with Gasteiger partial charge in [-0.2, -0.15) is 0 Å². The summed E-state index contributed by atoms with van der Waals surface area (Å²) in [6.07, 6.45) is 2.95. The summed E-state index contributed by atoms with van der Waals surface area (Å²) in [4.78, 5) is 23.0. The largest absolute Gasteiger partial charge is 0.462 e. The quantitative estimate of drug-likeness (QED) is 0.551. The highest BCUT2D eigenvalue weighted by Crippen LogP contribution is 2.50. The van der Waals surface area contributed by atoms with E-state index in [1.807, 2.05) is 0 Å². The highest BCUT2D eigenvalue weighted by Gasteiger charge is 2.50. The Balaban J connectivity index is 1.83. The van der Waals surface area contributed by atoms with Gasteiger partial charge in [-0.05, 0) is 31.1 Å². The molecule has 3 unspecified atom stereocenters. The predicted molar refractivity (Wildman–Crippen MR) is 62.5 cm³/mol. The van der Waals surface area contributed by atoms with E-state index in [4.69, 9.17) is 14.2 Å². The van der Waals surface area contributed by atoms with Crippen LogP contribution in [0.4, 0.5) is 0 Å². The average molecular weight is 256 g/mol. The molecule has 2 fully saturated rings. The molecule has 5 heteroatoms. The molecule has 0 aromatic rings. The summed E-state index contributed by atoms with van der Waals surface area (Å²) in [6.45, 7) is 1.81. The minimum atomic E-state index is -0.176. The first-order chi connectivity index (χ1) is 8.65. The molecule has 0 spiro atoms. The molecule has 4 atom stereocenters. The number of carbonyl (C=O) groups is 2. The van der Waals surface area contributed by atoms with Crippen LogP contribution in [0, 0.1) is 17.8 Å². The van der Waals surface area contributed by atoms with Gasteiger partial charge in [0.15, 0.2) is 6.79 Å². The van der Waals surface area contributed by atoms with E-state index in [9.17, 15) is 9.59 Å². The topological polar surface area (TPSA) is 61.8 Å². The highest BCUT2D eigenvalue weighted by atomic mass is 16.7. The van der Waals surface area contributed by atoms with Gasteiger partial charge < -0.3 is 14.2 Å². The molecule has 0 N–H and O–H groups in total. The Labute approximate surface area is 107 Å². The predicted octanol–water partition coefficient (Wildman–Crippen LogP) is 1.50. The van der Waals surface area contributed by atoms with E-state index in [2.05, 4.69) is 0 Å². The molecule has 2 bridgehead atoms. The van der Waals surface area contributed by atoms with E-state index in [1.165, 1.54) is 7.11 Å². The third-order valence-electron chi connectivity index (χ3n) is 3.99. The Morgan fingerprint density at radius 2 is 1.94 bits per heavy atom. The van der Waals surface area contributed by atoms with Crippen molar-refractivity contribution in [3.05, 3.63) is 0 Å². The second-order valence-electron chi connectivity index (χ2n) is 5.09. The van der Waals surface area contributed by atoms with E-state index >= 15 is 0 Å². The molecule has 0 aromatic carbocycles. The molecule has 5 nitrogen and oxygen atoms in total. The van der Waals surface area contributed by atoms with Crippen molar-refractivity contribution in [2.75, 3.05) is 13.9 Å². The van der Waals surface area contributed by atoms with Gasteiger partial charge in [0.2, 0.25) is 0 Å². The number of rotatable bonds is 5. The van der Waals surface area contributed by atoms with E-state index in [-0.39, 0.29) is 30.8 Å². The van der Waals surface area contributed by atoms with Crippen molar-refractivity contribution in [1.82, 2.24) is 0 Å². The summed E-state index contributed by atoms with van der Waals surface area (Å²) in [5.41, 5.74) is 0. The normalized spacial score (nSPS) is 33.4. The maximum atomic E-state index is 11.8. The number of esters is 2. The lowest BCUT2D eigenvalue weighted by Crippen LogP contribution is -2.31. The Kier molecular flexibility index (Phi) is 4.22. The molecule has 2 aliphatic carbocycles. The maximum Gasteiger partial charge on any atom is 0.311 e. The third-order valence-corrected chi connectivity index (χ3v) is 3.99. The van der Waals surface area contributed by atoms with Gasteiger partial charge in [-0.3, -0.25) is 9.59 Å². The van der Waals surface area contributed by atoms with Crippen LogP contribution in [0.2, 0.25) is 0 Å². The van der Waals surface area contributed by atoms with Gasteiger partial charge in [0.05, 0.1) is 5.92 Å². The number of ether oxygens (including phenoxy) is 3.